The predicted octanol–water partition coefficient (Wildman–Crippen LogP) is 3.62. The first-order valence-corrected chi connectivity index (χ1v) is 9.90. The second-order valence-corrected chi connectivity index (χ2v) is 7.44. The Morgan fingerprint density at radius 1 is 1.00 bits per heavy atom. The van der Waals surface area contributed by atoms with Crippen LogP contribution in [0.3, 0.4) is 0 Å². The van der Waals surface area contributed by atoms with Crippen LogP contribution in [-0.4, -0.2) is 15.6 Å². The van der Waals surface area contributed by atoms with Crippen LogP contribution in [-0.2, 0) is 0 Å². The third-order valence-electron chi connectivity index (χ3n) is 4.62. The van der Waals surface area contributed by atoms with Crippen molar-refractivity contribution in [2.75, 3.05) is 5.43 Å². The maximum absolute atomic E-state index is 13.1. The van der Waals surface area contributed by atoms with E-state index >= 15 is 0 Å². The highest BCUT2D eigenvalue weighted by molar-refractivity contribution is 7.13. The number of hydrogen-bond donors (Lipinski definition) is 1. The van der Waals surface area contributed by atoms with Crippen LogP contribution in [0.4, 0.5) is 0 Å². The van der Waals surface area contributed by atoms with Gasteiger partial charge in [0.05, 0.1) is 15.8 Å². The fourth-order valence-electron chi connectivity index (χ4n) is 3.19. The van der Waals surface area contributed by atoms with Gasteiger partial charge in [-0.2, -0.15) is 4.68 Å². The topological polar surface area (TPSA) is 94.2 Å². The number of benzene rings is 2. The van der Waals surface area contributed by atoms with E-state index in [1.54, 1.807) is 54.6 Å². The van der Waals surface area contributed by atoms with Gasteiger partial charge in [-0.3, -0.25) is 15.0 Å². The SMILES string of the molecule is O=C(Nn1c(-c2cccs2)nc2ccccc2c1=O)c1cc2ccccc2oc1=O. The van der Waals surface area contributed by atoms with Crippen molar-refractivity contribution in [1.29, 1.82) is 0 Å². The molecule has 3 aromatic heterocycles. The Balaban J connectivity index is 1.67. The van der Waals surface area contributed by atoms with E-state index < -0.39 is 17.1 Å². The second-order valence-electron chi connectivity index (χ2n) is 6.50. The highest BCUT2D eigenvalue weighted by Gasteiger charge is 2.19. The number of nitrogens with zero attached hydrogens (tertiary/aromatic N) is 2. The number of para-hydroxylation sites is 2. The van der Waals surface area contributed by atoms with Crippen LogP contribution in [0.25, 0.3) is 32.6 Å². The van der Waals surface area contributed by atoms with Gasteiger partial charge in [-0.05, 0) is 35.7 Å². The molecule has 0 saturated heterocycles. The number of carbonyl (C=O) groups is 1. The number of thiophene rings is 1. The van der Waals surface area contributed by atoms with Crippen molar-refractivity contribution in [3.05, 3.63) is 98.4 Å². The molecule has 2 aromatic carbocycles. The lowest BCUT2D eigenvalue weighted by Crippen LogP contribution is -2.36. The molecule has 0 unspecified atom stereocenters. The van der Waals surface area contributed by atoms with Gasteiger partial charge in [-0.25, -0.2) is 9.78 Å². The van der Waals surface area contributed by atoms with E-state index in [0.29, 0.717) is 26.7 Å². The summed E-state index contributed by atoms with van der Waals surface area (Å²) in [6.45, 7) is 0. The summed E-state index contributed by atoms with van der Waals surface area (Å²) in [5.74, 6) is -0.473. The molecular weight excluding hydrogens is 402 g/mol. The van der Waals surface area contributed by atoms with Crippen LogP contribution >= 0.6 is 11.3 Å². The molecule has 5 aromatic rings. The van der Waals surface area contributed by atoms with Gasteiger partial charge in [0.15, 0.2) is 5.82 Å². The first-order chi connectivity index (χ1) is 14.6. The van der Waals surface area contributed by atoms with Gasteiger partial charge in [0.25, 0.3) is 11.5 Å². The predicted molar refractivity (Wildman–Crippen MR) is 115 cm³/mol. The molecule has 0 fully saturated rings. The fourth-order valence-corrected chi connectivity index (χ4v) is 3.89. The highest BCUT2D eigenvalue weighted by atomic mass is 32.1. The molecule has 0 atom stereocenters. The first kappa shape index (κ1) is 18.0. The van der Waals surface area contributed by atoms with Crippen molar-refractivity contribution in [1.82, 2.24) is 9.66 Å². The lowest BCUT2D eigenvalue weighted by molar-refractivity contribution is 0.100. The summed E-state index contributed by atoms with van der Waals surface area (Å²) < 4.78 is 6.31. The Kier molecular flexibility index (Phi) is 4.26. The molecule has 0 spiro atoms. The van der Waals surface area contributed by atoms with Gasteiger partial charge in [0, 0.05) is 5.39 Å². The molecule has 0 aliphatic rings. The summed E-state index contributed by atoms with van der Waals surface area (Å²) in [5.41, 5.74) is 1.99. The molecule has 1 N–H and O–H groups in total. The zero-order valence-corrected chi connectivity index (χ0v) is 16.2. The molecule has 1 amide bonds. The van der Waals surface area contributed by atoms with Crippen molar-refractivity contribution in [3.8, 4) is 10.7 Å². The molecule has 146 valence electrons. The minimum Gasteiger partial charge on any atom is -0.422 e. The molecule has 0 radical (unpaired) electrons. The normalized spacial score (nSPS) is 11.1. The zero-order chi connectivity index (χ0) is 20.7. The van der Waals surface area contributed by atoms with Crippen LogP contribution < -0.4 is 16.6 Å². The summed E-state index contributed by atoms with van der Waals surface area (Å²) >= 11 is 1.38. The molecular formula is C22H13N3O4S. The Labute approximate surface area is 172 Å². The van der Waals surface area contributed by atoms with E-state index in [9.17, 15) is 14.4 Å². The van der Waals surface area contributed by atoms with Gasteiger partial charge in [-0.15, -0.1) is 11.3 Å². The van der Waals surface area contributed by atoms with Gasteiger partial charge < -0.3 is 4.42 Å². The molecule has 0 aliphatic heterocycles. The van der Waals surface area contributed by atoms with E-state index in [0.717, 1.165) is 4.68 Å². The van der Waals surface area contributed by atoms with Gasteiger partial charge in [0.2, 0.25) is 0 Å². The lowest BCUT2D eigenvalue weighted by atomic mass is 10.2. The van der Waals surface area contributed by atoms with Crippen LogP contribution in [0, 0.1) is 0 Å². The molecule has 8 heteroatoms. The van der Waals surface area contributed by atoms with E-state index in [1.807, 2.05) is 11.4 Å². The number of nitrogens with one attached hydrogen (secondary N) is 1. The van der Waals surface area contributed by atoms with Crippen LogP contribution in [0.5, 0.6) is 0 Å². The van der Waals surface area contributed by atoms with E-state index in [4.69, 9.17) is 4.42 Å². The number of amides is 1. The number of aromatic nitrogens is 2. The summed E-state index contributed by atoms with van der Waals surface area (Å²) in [4.78, 5) is 43.7. The standard InChI is InChI=1S/C22H13N3O4S/c26-20(15-12-13-6-1-4-9-17(13)29-22(15)28)24-25-19(18-10-5-11-30-18)23-16-8-3-2-7-14(16)21(25)27/h1-12H,(H,24,26). The van der Waals surface area contributed by atoms with Crippen LogP contribution in [0.1, 0.15) is 10.4 Å². The Morgan fingerprint density at radius 3 is 2.63 bits per heavy atom. The molecule has 3 heterocycles. The van der Waals surface area contributed by atoms with Crippen molar-refractivity contribution in [3.63, 3.8) is 0 Å². The number of hydrogen-bond acceptors (Lipinski definition) is 6. The molecule has 0 bridgehead atoms. The summed E-state index contributed by atoms with van der Waals surface area (Å²) in [7, 11) is 0. The molecule has 7 nitrogen and oxygen atoms in total. The second kappa shape index (κ2) is 7.09. The Morgan fingerprint density at radius 2 is 1.80 bits per heavy atom. The van der Waals surface area contributed by atoms with Crippen LogP contribution in [0.15, 0.2) is 86.1 Å². The van der Waals surface area contributed by atoms with Crippen molar-refractivity contribution < 1.29 is 9.21 Å². The van der Waals surface area contributed by atoms with E-state index in [2.05, 4.69) is 10.4 Å². The molecule has 0 aliphatic carbocycles. The number of fused-ring (bicyclic) bond motifs is 2. The molecule has 5 rings (SSSR count). The van der Waals surface area contributed by atoms with Crippen molar-refractivity contribution >= 4 is 39.1 Å². The summed E-state index contributed by atoms with van der Waals surface area (Å²) in [6, 6.07) is 18.8. The number of carbonyl (C=O) groups excluding carboxylic acids is 1. The maximum atomic E-state index is 13.1. The summed E-state index contributed by atoms with van der Waals surface area (Å²) in [5, 5.41) is 2.80. The minimum atomic E-state index is -0.786. The average molecular weight is 415 g/mol. The smallest absolute Gasteiger partial charge is 0.349 e. The third kappa shape index (κ3) is 2.99. The van der Waals surface area contributed by atoms with Crippen LogP contribution in [0.2, 0.25) is 0 Å². The molecule has 0 saturated carbocycles. The largest absolute Gasteiger partial charge is 0.422 e. The Hall–Kier alpha value is -4.04. The van der Waals surface area contributed by atoms with Crippen molar-refractivity contribution in [2.45, 2.75) is 0 Å². The monoisotopic (exact) mass is 415 g/mol. The van der Waals surface area contributed by atoms with Gasteiger partial charge in [-0.1, -0.05) is 36.4 Å². The highest BCUT2D eigenvalue weighted by Crippen LogP contribution is 2.23. The zero-order valence-electron chi connectivity index (χ0n) is 15.4. The maximum Gasteiger partial charge on any atom is 0.349 e. The van der Waals surface area contributed by atoms with E-state index in [1.165, 1.54) is 17.4 Å². The summed E-state index contributed by atoms with van der Waals surface area (Å²) in [6.07, 6.45) is 0. The van der Waals surface area contributed by atoms with Crippen molar-refractivity contribution in [2.24, 2.45) is 0 Å². The minimum absolute atomic E-state index is 0.203. The number of rotatable bonds is 3. The third-order valence-corrected chi connectivity index (χ3v) is 5.48. The quantitative estimate of drug-likeness (QED) is 0.454. The van der Waals surface area contributed by atoms with Gasteiger partial charge >= 0.3 is 5.63 Å². The average Bonchev–Trinajstić information content (AvgIpc) is 3.30. The molecule has 30 heavy (non-hydrogen) atoms. The lowest BCUT2D eigenvalue weighted by Gasteiger charge is -2.13. The van der Waals surface area contributed by atoms with Gasteiger partial charge in [0.1, 0.15) is 11.1 Å². The van der Waals surface area contributed by atoms with E-state index in [-0.39, 0.29) is 11.4 Å². The fraction of sp³-hybridized carbons (Fsp3) is 0. The first-order valence-electron chi connectivity index (χ1n) is 9.02. The Bertz CT molecular complexity index is 1530.